The van der Waals surface area contributed by atoms with E-state index in [0.717, 1.165) is 28.0 Å². The van der Waals surface area contributed by atoms with Crippen molar-refractivity contribution in [1.29, 1.82) is 0 Å². The Morgan fingerprint density at radius 2 is 2.00 bits per heavy atom. The van der Waals surface area contributed by atoms with Crippen LogP contribution in [0.4, 0.5) is 0 Å². The third kappa shape index (κ3) is 2.79. The first-order valence-electron chi connectivity index (χ1n) is 6.13. The van der Waals surface area contributed by atoms with Crippen LogP contribution in [0.1, 0.15) is 5.56 Å². The first kappa shape index (κ1) is 13.4. The van der Waals surface area contributed by atoms with Gasteiger partial charge in [-0.1, -0.05) is 39.7 Å². The van der Waals surface area contributed by atoms with Crippen molar-refractivity contribution in [2.75, 3.05) is 0 Å². The molecule has 0 bridgehead atoms. The van der Waals surface area contributed by atoms with Crippen molar-refractivity contribution in [1.82, 2.24) is 4.98 Å². The van der Waals surface area contributed by atoms with Crippen LogP contribution in [0, 0.1) is 0 Å². The lowest BCUT2D eigenvalue weighted by Gasteiger charge is -2.10. The van der Waals surface area contributed by atoms with Gasteiger partial charge in [0.2, 0.25) is 0 Å². The molecule has 0 spiro atoms. The summed E-state index contributed by atoms with van der Waals surface area (Å²) < 4.78 is 5.93. The molecule has 0 aliphatic heterocycles. The van der Waals surface area contributed by atoms with Gasteiger partial charge in [-0.15, -0.1) is 0 Å². The summed E-state index contributed by atoms with van der Waals surface area (Å²) in [4.78, 5) is 4.33. The van der Waals surface area contributed by atoms with E-state index in [0.29, 0.717) is 10.4 Å². The normalized spacial score (nSPS) is 10.7. The van der Waals surface area contributed by atoms with Crippen LogP contribution in [0.25, 0.3) is 10.9 Å². The number of rotatable bonds is 3. The summed E-state index contributed by atoms with van der Waals surface area (Å²) >= 11 is 9.48. The first-order chi connectivity index (χ1) is 9.76. The Balaban J connectivity index is 1.98. The molecule has 2 aromatic carbocycles. The van der Waals surface area contributed by atoms with Crippen molar-refractivity contribution in [2.24, 2.45) is 0 Å². The van der Waals surface area contributed by atoms with Crippen LogP contribution in [0.3, 0.4) is 0 Å². The fraction of sp³-hybridized carbons (Fsp3) is 0.0625. The number of benzene rings is 2. The molecule has 20 heavy (non-hydrogen) atoms. The Morgan fingerprint density at radius 1 is 1.10 bits per heavy atom. The smallest absolute Gasteiger partial charge is 0.132 e. The SMILES string of the molecule is Clc1ccc(CBr)c(Oc2ccc3cccnc3c2)c1. The molecule has 0 fully saturated rings. The highest BCUT2D eigenvalue weighted by molar-refractivity contribution is 9.08. The van der Waals surface area contributed by atoms with Crippen LogP contribution in [-0.2, 0) is 5.33 Å². The van der Waals surface area contributed by atoms with Gasteiger partial charge in [0, 0.05) is 33.6 Å². The van der Waals surface area contributed by atoms with Crippen molar-refractivity contribution in [3.05, 3.63) is 65.3 Å². The summed E-state index contributed by atoms with van der Waals surface area (Å²) in [5.41, 5.74) is 1.96. The minimum absolute atomic E-state index is 0.656. The van der Waals surface area contributed by atoms with E-state index in [1.807, 2.05) is 48.5 Å². The molecule has 1 heterocycles. The third-order valence-corrected chi connectivity index (χ3v) is 3.82. The Hall–Kier alpha value is -1.58. The van der Waals surface area contributed by atoms with Crippen LogP contribution in [-0.4, -0.2) is 4.98 Å². The Morgan fingerprint density at radius 3 is 2.85 bits per heavy atom. The minimum atomic E-state index is 0.656. The lowest BCUT2D eigenvalue weighted by Crippen LogP contribution is -1.90. The van der Waals surface area contributed by atoms with E-state index in [4.69, 9.17) is 16.3 Å². The second-order valence-corrected chi connectivity index (χ2v) is 5.34. The van der Waals surface area contributed by atoms with E-state index in [1.54, 1.807) is 6.20 Å². The molecule has 0 saturated heterocycles. The van der Waals surface area contributed by atoms with E-state index in [1.165, 1.54) is 0 Å². The molecule has 0 saturated carbocycles. The zero-order valence-electron chi connectivity index (χ0n) is 10.5. The predicted molar refractivity (Wildman–Crippen MR) is 85.9 cm³/mol. The summed E-state index contributed by atoms with van der Waals surface area (Å²) in [6, 6.07) is 15.4. The number of hydrogen-bond acceptors (Lipinski definition) is 2. The number of halogens is 2. The molecule has 4 heteroatoms. The molecule has 0 atom stereocenters. The fourth-order valence-electron chi connectivity index (χ4n) is 1.97. The molecular formula is C16H11BrClNO. The Labute approximate surface area is 130 Å². The zero-order valence-corrected chi connectivity index (χ0v) is 12.9. The third-order valence-electron chi connectivity index (χ3n) is 2.98. The standard InChI is InChI=1S/C16H11BrClNO/c17-10-12-3-5-13(18)8-16(12)20-14-6-4-11-2-1-7-19-15(11)9-14/h1-9H,10H2. The largest absolute Gasteiger partial charge is 0.457 e. The van der Waals surface area contributed by atoms with Gasteiger partial charge in [0.1, 0.15) is 11.5 Å². The second-order valence-electron chi connectivity index (χ2n) is 4.35. The summed E-state index contributed by atoms with van der Waals surface area (Å²) in [5, 5.41) is 2.46. The van der Waals surface area contributed by atoms with Crippen molar-refractivity contribution in [3.8, 4) is 11.5 Å². The van der Waals surface area contributed by atoms with Crippen LogP contribution >= 0.6 is 27.5 Å². The lowest BCUT2D eigenvalue weighted by atomic mass is 10.2. The monoisotopic (exact) mass is 347 g/mol. The van der Waals surface area contributed by atoms with Crippen molar-refractivity contribution in [2.45, 2.75) is 5.33 Å². The molecule has 0 amide bonds. The average Bonchev–Trinajstić information content (AvgIpc) is 2.47. The van der Waals surface area contributed by atoms with Gasteiger partial charge < -0.3 is 4.74 Å². The van der Waals surface area contributed by atoms with E-state index >= 15 is 0 Å². The lowest BCUT2D eigenvalue weighted by molar-refractivity contribution is 0.479. The molecule has 0 N–H and O–H groups in total. The van der Waals surface area contributed by atoms with E-state index in [9.17, 15) is 0 Å². The molecule has 0 radical (unpaired) electrons. The van der Waals surface area contributed by atoms with Gasteiger partial charge in [0.05, 0.1) is 5.52 Å². The van der Waals surface area contributed by atoms with Gasteiger partial charge in [-0.2, -0.15) is 0 Å². The molecule has 0 unspecified atom stereocenters. The van der Waals surface area contributed by atoms with Gasteiger partial charge >= 0.3 is 0 Å². The molecule has 3 rings (SSSR count). The van der Waals surface area contributed by atoms with Crippen LogP contribution in [0.2, 0.25) is 5.02 Å². The first-order valence-corrected chi connectivity index (χ1v) is 7.63. The van der Waals surface area contributed by atoms with E-state index < -0.39 is 0 Å². The number of hydrogen-bond donors (Lipinski definition) is 0. The van der Waals surface area contributed by atoms with Crippen LogP contribution < -0.4 is 4.74 Å². The highest BCUT2D eigenvalue weighted by Gasteiger charge is 2.06. The van der Waals surface area contributed by atoms with Crippen LogP contribution in [0.15, 0.2) is 54.7 Å². The molecule has 3 aromatic rings. The average molecular weight is 349 g/mol. The van der Waals surface area contributed by atoms with Crippen molar-refractivity contribution in [3.63, 3.8) is 0 Å². The zero-order chi connectivity index (χ0) is 13.9. The van der Waals surface area contributed by atoms with Gasteiger partial charge in [-0.3, -0.25) is 4.98 Å². The van der Waals surface area contributed by atoms with Crippen molar-refractivity contribution >= 4 is 38.4 Å². The highest BCUT2D eigenvalue weighted by atomic mass is 79.9. The topological polar surface area (TPSA) is 22.1 Å². The van der Waals surface area contributed by atoms with Gasteiger partial charge in [0.15, 0.2) is 0 Å². The maximum Gasteiger partial charge on any atom is 0.132 e. The molecule has 1 aromatic heterocycles. The summed E-state index contributed by atoms with van der Waals surface area (Å²) in [7, 11) is 0. The van der Waals surface area contributed by atoms with Gasteiger partial charge in [-0.05, 0) is 30.3 Å². The molecule has 0 aliphatic carbocycles. The molecule has 100 valence electrons. The minimum Gasteiger partial charge on any atom is -0.457 e. The fourth-order valence-corrected chi connectivity index (χ4v) is 2.60. The number of fused-ring (bicyclic) bond motifs is 1. The number of ether oxygens (including phenoxy) is 1. The number of alkyl halides is 1. The maximum absolute atomic E-state index is 6.03. The van der Waals surface area contributed by atoms with E-state index in [2.05, 4.69) is 20.9 Å². The summed E-state index contributed by atoms with van der Waals surface area (Å²) in [6.45, 7) is 0. The number of pyridine rings is 1. The highest BCUT2D eigenvalue weighted by Crippen LogP contribution is 2.31. The maximum atomic E-state index is 6.03. The van der Waals surface area contributed by atoms with Gasteiger partial charge in [0.25, 0.3) is 0 Å². The number of aromatic nitrogens is 1. The van der Waals surface area contributed by atoms with Gasteiger partial charge in [-0.25, -0.2) is 0 Å². The van der Waals surface area contributed by atoms with Crippen molar-refractivity contribution < 1.29 is 4.74 Å². The summed E-state index contributed by atoms with van der Waals surface area (Å²) in [5.74, 6) is 1.50. The second kappa shape index (κ2) is 5.81. The quantitative estimate of drug-likeness (QED) is 0.577. The molecule has 2 nitrogen and oxygen atoms in total. The molecule has 0 aliphatic rings. The predicted octanol–water partition coefficient (Wildman–Crippen LogP) is 5.58. The molecular weight excluding hydrogens is 338 g/mol. The number of nitrogens with zero attached hydrogens (tertiary/aromatic N) is 1. The summed E-state index contributed by atoms with van der Waals surface area (Å²) in [6.07, 6.45) is 1.77. The Bertz CT molecular complexity index is 760. The van der Waals surface area contributed by atoms with E-state index in [-0.39, 0.29) is 0 Å². The Kier molecular flexibility index (Phi) is 3.90. The van der Waals surface area contributed by atoms with Crippen LogP contribution in [0.5, 0.6) is 11.5 Å².